The van der Waals surface area contributed by atoms with Crippen LogP contribution in [0.2, 0.25) is 5.02 Å². The van der Waals surface area contributed by atoms with Gasteiger partial charge in [0.25, 0.3) is 11.8 Å². The van der Waals surface area contributed by atoms with Gasteiger partial charge in [0.2, 0.25) is 0 Å². The Hall–Kier alpha value is -3.16. The number of benzene rings is 3. The Balaban J connectivity index is 1.51. The van der Waals surface area contributed by atoms with E-state index in [1.54, 1.807) is 24.3 Å². The van der Waals surface area contributed by atoms with E-state index in [2.05, 4.69) is 31.8 Å². The van der Waals surface area contributed by atoms with E-state index >= 15 is 0 Å². The summed E-state index contributed by atoms with van der Waals surface area (Å²) in [4.78, 5) is 24.1. The highest BCUT2D eigenvalue weighted by atomic mass is 79.9. The van der Waals surface area contributed by atoms with E-state index in [9.17, 15) is 9.59 Å². The summed E-state index contributed by atoms with van der Waals surface area (Å²) in [5.41, 5.74) is 4.42. The third-order valence-corrected chi connectivity index (χ3v) is 5.01. The van der Waals surface area contributed by atoms with Crippen LogP contribution in [0.1, 0.15) is 21.5 Å². The number of hydrogen-bond donors (Lipinski definition) is 2. The van der Waals surface area contributed by atoms with Gasteiger partial charge < -0.3 is 10.1 Å². The summed E-state index contributed by atoms with van der Waals surface area (Å²) in [7, 11) is 0. The molecular formula is C23H19BrClN3O3. The van der Waals surface area contributed by atoms with Crippen LogP contribution in [0.25, 0.3) is 0 Å². The van der Waals surface area contributed by atoms with Crippen molar-refractivity contribution in [2.45, 2.75) is 6.61 Å². The first-order valence-electron chi connectivity index (χ1n) is 9.34. The SMILES string of the molecule is O=C(CNC(=O)c1ccccc1Cl)N/N=C/c1ccccc1OCc1ccc(Br)cc1. The normalized spacial score (nSPS) is 10.6. The maximum absolute atomic E-state index is 12.1. The molecule has 31 heavy (non-hydrogen) atoms. The van der Waals surface area contributed by atoms with Crippen LogP contribution in [0.4, 0.5) is 0 Å². The maximum Gasteiger partial charge on any atom is 0.259 e. The average molecular weight is 501 g/mol. The summed E-state index contributed by atoms with van der Waals surface area (Å²) in [6.45, 7) is 0.168. The molecule has 0 spiro atoms. The summed E-state index contributed by atoms with van der Waals surface area (Å²) in [5, 5.41) is 6.77. The lowest BCUT2D eigenvalue weighted by molar-refractivity contribution is -0.120. The third kappa shape index (κ3) is 6.94. The number of nitrogens with zero attached hydrogens (tertiary/aromatic N) is 1. The number of nitrogens with one attached hydrogen (secondary N) is 2. The molecule has 3 aromatic rings. The van der Waals surface area contributed by atoms with E-state index < -0.39 is 11.8 Å². The van der Waals surface area contributed by atoms with Gasteiger partial charge in [0.05, 0.1) is 23.3 Å². The minimum Gasteiger partial charge on any atom is -0.488 e. The molecule has 8 heteroatoms. The summed E-state index contributed by atoms with van der Waals surface area (Å²) >= 11 is 9.38. The number of carbonyl (C=O) groups excluding carboxylic acids is 2. The van der Waals surface area contributed by atoms with Gasteiger partial charge in [-0.05, 0) is 42.0 Å². The van der Waals surface area contributed by atoms with E-state index in [-0.39, 0.29) is 6.54 Å². The first-order chi connectivity index (χ1) is 15.0. The Kier molecular flexibility index (Phi) is 8.20. The maximum atomic E-state index is 12.1. The van der Waals surface area contributed by atoms with Crippen LogP contribution in [0, 0.1) is 0 Å². The van der Waals surface area contributed by atoms with Crippen LogP contribution in [0.3, 0.4) is 0 Å². The first kappa shape index (κ1) is 22.5. The molecule has 158 valence electrons. The van der Waals surface area contributed by atoms with Gasteiger partial charge in [0.15, 0.2) is 0 Å². The fourth-order valence-electron chi connectivity index (χ4n) is 2.57. The highest BCUT2D eigenvalue weighted by Gasteiger charge is 2.10. The molecular weight excluding hydrogens is 482 g/mol. The number of carbonyl (C=O) groups is 2. The molecule has 0 atom stereocenters. The molecule has 0 radical (unpaired) electrons. The van der Waals surface area contributed by atoms with Crippen LogP contribution in [0.15, 0.2) is 82.4 Å². The second-order valence-electron chi connectivity index (χ2n) is 6.41. The number of ether oxygens (including phenoxy) is 1. The van der Waals surface area contributed by atoms with E-state index in [0.717, 1.165) is 10.0 Å². The summed E-state index contributed by atoms with van der Waals surface area (Å²) < 4.78 is 6.87. The molecule has 0 aliphatic carbocycles. The van der Waals surface area contributed by atoms with Crippen molar-refractivity contribution in [3.63, 3.8) is 0 Å². The standard InChI is InChI=1S/C23H19BrClN3O3/c24-18-11-9-16(10-12-18)15-31-21-8-4-1-5-17(21)13-27-28-22(29)14-26-23(30)19-6-2-3-7-20(19)25/h1-13H,14-15H2,(H,26,30)(H,28,29)/b27-13+. The van der Waals surface area contributed by atoms with Crippen molar-refractivity contribution < 1.29 is 14.3 Å². The summed E-state index contributed by atoms with van der Waals surface area (Å²) in [6, 6.07) is 21.8. The average Bonchev–Trinajstić information content (AvgIpc) is 2.78. The Morgan fingerprint density at radius 2 is 1.71 bits per heavy atom. The van der Waals surface area contributed by atoms with Gasteiger partial charge >= 0.3 is 0 Å². The second kappa shape index (κ2) is 11.3. The second-order valence-corrected chi connectivity index (χ2v) is 7.73. The lowest BCUT2D eigenvalue weighted by Gasteiger charge is -2.09. The molecule has 0 fully saturated rings. The monoisotopic (exact) mass is 499 g/mol. The summed E-state index contributed by atoms with van der Waals surface area (Å²) in [6.07, 6.45) is 1.49. The van der Waals surface area contributed by atoms with Crippen LogP contribution >= 0.6 is 27.5 Å². The number of hydrazone groups is 1. The minimum absolute atomic E-state index is 0.233. The molecule has 0 aliphatic rings. The number of rotatable bonds is 8. The minimum atomic E-state index is -0.468. The number of hydrogen-bond acceptors (Lipinski definition) is 4. The lowest BCUT2D eigenvalue weighted by atomic mass is 10.2. The molecule has 0 saturated carbocycles. The topological polar surface area (TPSA) is 79.8 Å². The predicted molar refractivity (Wildman–Crippen MR) is 124 cm³/mol. The molecule has 0 heterocycles. The Morgan fingerprint density at radius 1 is 1.00 bits per heavy atom. The highest BCUT2D eigenvalue weighted by molar-refractivity contribution is 9.10. The predicted octanol–water partition coefficient (Wildman–Crippen LogP) is 4.56. The zero-order valence-electron chi connectivity index (χ0n) is 16.3. The van der Waals surface area contributed by atoms with E-state index in [0.29, 0.717) is 28.5 Å². The fraction of sp³-hybridized carbons (Fsp3) is 0.0870. The van der Waals surface area contributed by atoms with E-state index in [1.165, 1.54) is 6.21 Å². The zero-order chi connectivity index (χ0) is 22.1. The Morgan fingerprint density at radius 3 is 2.48 bits per heavy atom. The molecule has 3 aromatic carbocycles. The molecule has 0 bridgehead atoms. The van der Waals surface area contributed by atoms with E-state index in [1.807, 2.05) is 48.5 Å². The summed E-state index contributed by atoms with van der Waals surface area (Å²) in [5.74, 6) is -0.267. The van der Waals surface area contributed by atoms with Crippen LogP contribution in [-0.2, 0) is 11.4 Å². The van der Waals surface area contributed by atoms with Crippen LogP contribution in [-0.4, -0.2) is 24.6 Å². The van der Waals surface area contributed by atoms with Crippen molar-refractivity contribution >= 4 is 45.6 Å². The molecule has 2 N–H and O–H groups in total. The molecule has 6 nitrogen and oxygen atoms in total. The van der Waals surface area contributed by atoms with Gasteiger partial charge in [-0.2, -0.15) is 5.10 Å². The quantitative estimate of drug-likeness (QED) is 0.351. The largest absolute Gasteiger partial charge is 0.488 e. The fourth-order valence-corrected chi connectivity index (χ4v) is 3.06. The van der Waals surface area contributed by atoms with Crippen molar-refractivity contribution in [2.75, 3.05) is 6.54 Å². The van der Waals surface area contributed by atoms with Crippen molar-refractivity contribution in [1.29, 1.82) is 0 Å². The van der Waals surface area contributed by atoms with Gasteiger partial charge in [0.1, 0.15) is 12.4 Å². The van der Waals surface area contributed by atoms with Gasteiger partial charge in [-0.1, -0.05) is 63.9 Å². The van der Waals surface area contributed by atoms with Gasteiger partial charge in [-0.15, -0.1) is 0 Å². The first-order valence-corrected chi connectivity index (χ1v) is 10.5. The Labute approximate surface area is 193 Å². The number of halogens is 2. The van der Waals surface area contributed by atoms with Gasteiger partial charge in [-0.25, -0.2) is 5.43 Å². The van der Waals surface area contributed by atoms with Crippen molar-refractivity contribution in [3.05, 3.63) is 99.0 Å². The van der Waals surface area contributed by atoms with Crippen LogP contribution < -0.4 is 15.5 Å². The molecule has 0 aromatic heterocycles. The molecule has 0 unspecified atom stereocenters. The third-order valence-electron chi connectivity index (χ3n) is 4.15. The van der Waals surface area contributed by atoms with Crippen molar-refractivity contribution in [1.82, 2.24) is 10.7 Å². The van der Waals surface area contributed by atoms with Crippen LogP contribution in [0.5, 0.6) is 5.75 Å². The molecule has 3 rings (SSSR count). The van der Waals surface area contributed by atoms with Crippen molar-refractivity contribution in [3.8, 4) is 5.75 Å². The van der Waals surface area contributed by atoms with Gasteiger partial charge in [-0.3, -0.25) is 9.59 Å². The zero-order valence-corrected chi connectivity index (χ0v) is 18.7. The number of amides is 2. The van der Waals surface area contributed by atoms with E-state index in [4.69, 9.17) is 16.3 Å². The smallest absolute Gasteiger partial charge is 0.259 e. The van der Waals surface area contributed by atoms with Crippen molar-refractivity contribution in [2.24, 2.45) is 5.10 Å². The number of para-hydroxylation sites is 1. The lowest BCUT2D eigenvalue weighted by Crippen LogP contribution is -2.35. The molecule has 2 amide bonds. The Bertz CT molecular complexity index is 1090. The molecule has 0 saturated heterocycles. The van der Waals surface area contributed by atoms with Gasteiger partial charge in [0, 0.05) is 10.0 Å². The molecule has 0 aliphatic heterocycles. The highest BCUT2D eigenvalue weighted by Crippen LogP contribution is 2.18.